The molecule has 0 unspecified atom stereocenters. The number of anilines is 8. The third-order valence-corrected chi connectivity index (χ3v) is 10.6. The Morgan fingerprint density at radius 2 is 1.20 bits per heavy atom. The first-order valence-corrected chi connectivity index (χ1v) is 28.8. The molecular weight excluding hydrogens is 1290 g/mol. The van der Waals surface area contributed by atoms with Crippen molar-refractivity contribution in [2.45, 2.75) is 14.7 Å². The second-order valence-electron chi connectivity index (χ2n) is 13.6. The van der Waals surface area contributed by atoms with Crippen molar-refractivity contribution < 1.29 is 211 Å². The zero-order chi connectivity index (χ0) is 49.3. The number of nitrogens with zero attached hydrogens (tertiary/aromatic N) is 10. The number of aromatic nitrogens is 5. The molecule has 37 heteroatoms. The standard InChI is InChI=1S/C34H30F3N15O9S3.BI2.K.3Na/c1-52(2,3)19-8-4-16(5-9-19)41-33-45-32(37)46-34(47-33)42-18-6-10-23(62-61-60-53)20(12-18)48-51-30-28(38)22(14-25(29(30)39)64(57,58)59)50-49-21-13-17(7-11-24(21)63(54,55)56)40-27-15-26(35)43-31(36)44-27;1-3-2;;;;/h4-15H,38-39H2,1-3H3,(H5-,40,41,42,43,44,45,46,47,53,54,55,56,57,58,59);;;;;/q;-1;4*+1/p-2. The van der Waals surface area contributed by atoms with Gasteiger partial charge in [0.05, 0.1) is 59.2 Å². The van der Waals surface area contributed by atoms with Gasteiger partial charge in [0.25, 0.3) is 0 Å². The van der Waals surface area contributed by atoms with Crippen LogP contribution in [-0.2, 0) is 29.6 Å². The Kier molecular flexibility index (Phi) is 29.5. The third-order valence-electron chi connectivity index (χ3n) is 8.15. The largest absolute Gasteiger partial charge is 1.00 e. The molecule has 0 atom stereocenters. The summed E-state index contributed by atoms with van der Waals surface area (Å²) in [6.45, 7) is 0. The van der Waals surface area contributed by atoms with Crippen LogP contribution in [0.2, 0.25) is 0 Å². The van der Waals surface area contributed by atoms with Crippen molar-refractivity contribution in [3.8, 4) is 0 Å². The molecule has 71 heavy (non-hydrogen) atoms. The molecular formula is C34H28BF3I2KN15Na3O9S3+. The second-order valence-corrected chi connectivity index (χ2v) is 20.6. The van der Waals surface area contributed by atoms with Gasteiger partial charge in [-0.15, -0.1) is 20.5 Å². The van der Waals surface area contributed by atoms with Crippen LogP contribution in [0.4, 0.5) is 87.8 Å². The van der Waals surface area contributed by atoms with E-state index < -0.39 is 82.4 Å². The Morgan fingerprint density at radius 3 is 1.76 bits per heavy atom. The number of azo groups is 2. The summed E-state index contributed by atoms with van der Waals surface area (Å²) in [6, 6.07) is 15.1. The van der Waals surface area contributed by atoms with Gasteiger partial charge in [-0.3, -0.25) is 9.52 Å². The maximum atomic E-state index is 14.6. The Bertz CT molecular complexity index is 3080. The molecule has 4 aromatic carbocycles. The molecule has 24 nitrogen and oxygen atoms in total. The number of halogens is 5. The number of nitrogens with two attached hydrogens (primary N) is 2. The summed E-state index contributed by atoms with van der Waals surface area (Å²) in [5, 5.41) is 37.6. The minimum atomic E-state index is -5.44. The van der Waals surface area contributed by atoms with E-state index in [-0.39, 0.29) is 191 Å². The molecule has 352 valence electrons. The zero-order valence-electron chi connectivity index (χ0n) is 37.9. The van der Waals surface area contributed by atoms with E-state index in [9.17, 15) is 44.4 Å². The molecule has 2 heterocycles. The first-order chi connectivity index (χ1) is 31.5. The minimum Gasteiger partial charge on any atom is 1.00 e. The molecule has 2 aromatic heterocycles. The topological polar surface area (TPSA) is 358 Å². The predicted octanol–water partition coefficient (Wildman–Crippen LogP) is -8.93. The number of benzene rings is 4. The van der Waals surface area contributed by atoms with Crippen LogP contribution >= 0.6 is 30.7 Å². The molecule has 0 amide bonds. The summed E-state index contributed by atoms with van der Waals surface area (Å²) >= 11 is 2.58. The van der Waals surface area contributed by atoms with Crippen LogP contribution in [0.3, 0.4) is 0 Å². The predicted molar refractivity (Wildman–Crippen MR) is 238 cm³/mol. The van der Waals surface area contributed by atoms with Crippen molar-refractivity contribution in [3.63, 3.8) is 0 Å². The Hall–Kier alpha value is -0.869. The van der Waals surface area contributed by atoms with Gasteiger partial charge < -0.3 is 41.8 Å². The number of hydrogen-bond acceptors (Lipinski definition) is 24. The number of nitrogens with one attached hydrogen (secondary N) is 3. The maximum absolute atomic E-state index is 14.6. The normalized spacial score (nSPS) is 11.4. The molecule has 0 bridgehead atoms. The first kappa shape index (κ1) is 68.1. The van der Waals surface area contributed by atoms with E-state index >= 15 is 0 Å². The van der Waals surface area contributed by atoms with Crippen LogP contribution in [0.15, 0.2) is 108 Å². The molecule has 2 radical (unpaired) electrons. The fraction of sp³-hybridized carbons (Fsp3) is 0.0882. The fourth-order valence-electron chi connectivity index (χ4n) is 5.26. The number of hydrogen-bond donors (Lipinski definition) is 5. The average molecular weight is 1320 g/mol. The van der Waals surface area contributed by atoms with Crippen molar-refractivity contribution in [1.29, 1.82) is 0 Å². The molecule has 0 fully saturated rings. The van der Waals surface area contributed by atoms with E-state index in [0.717, 1.165) is 23.9 Å². The number of rotatable bonds is 16. The Balaban J connectivity index is 0.00000351. The summed E-state index contributed by atoms with van der Waals surface area (Å²) in [6.07, 6.45) is -2.60. The van der Waals surface area contributed by atoms with Gasteiger partial charge in [-0.05, 0) is 54.6 Å². The summed E-state index contributed by atoms with van der Waals surface area (Å²) < 4.78 is 120. The van der Waals surface area contributed by atoms with Gasteiger partial charge in [-0.25, -0.2) is 16.8 Å². The van der Waals surface area contributed by atoms with Crippen molar-refractivity contribution >= 4 is 131 Å². The van der Waals surface area contributed by atoms with E-state index in [4.69, 9.17) is 17.2 Å². The molecule has 0 saturated carbocycles. The van der Waals surface area contributed by atoms with Gasteiger partial charge in [-0.2, -0.15) is 42.4 Å². The van der Waals surface area contributed by atoms with Crippen LogP contribution in [0.25, 0.3) is 0 Å². The summed E-state index contributed by atoms with van der Waals surface area (Å²) in [4.78, 5) is 15.6. The van der Waals surface area contributed by atoms with E-state index in [0.29, 0.717) is 34.3 Å². The van der Waals surface area contributed by atoms with Crippen LogP contribution in [0.1, 0.15) is 0 Å². The average Bonchev–Trinajstić information content (AvgIpc) is 3.22. The van der Waals surface area contributed by atoms with Gasteiger partial charge in [0.1, 0.15) is 54.5 Å². The fourth-order valence-corrected chi connectivity index (χ4v) is 6.89. The molecule has 0 aliphatic rings. The molecule has 6 rings (SSSR count). The Morgan fingerprint density at radius 1 is 0.690 bits per heavy atom. The number of nitrogen functional groups attached to an aromatic ring is 2. The van der Waals surface area contributed by atoms with Gasteiger partial charge in [0, 0.05) is 35.3 Å². The molecule has 0 spiro atoms. The number of quaternary nitrogens is 1. The van der Waals surface area contributed by atoms with Gasteiger partial charge in [-0.1, -0.05) is 0 Å². The first-order valence-electron chi connectivity index (χ1n) is 17.7. The quantitative estimate of drug-likeness (QED) is 0.00513. The van der Waals surface area contributed by atoms with Crippen LogP contribution in [0, 0.1) is 18.1 Å². The van der Waals surface area contributed by atoms with Crippen molar-refractivity contribution in [1.82, 2.24) is 29.4 Å². The SMILES string of the molecule is C[N+](C)(C)c1ccc(Nc2nc(F)nc(Nc3ccc(SOO[O-])c(N=Nc4c(N)c(N=Nc5cc(Nc6cc(F)nc(F)n6)ccc5S(=O)(=O)[O-])cc(S(=O)(=O)[O-])c4N)c3)n2)cc1.[B][I-]I.[K+].[Na+].[Na+].[Na+]. The third kappa shape index (κ3) is 20.5. The van der Waals surface area contributed by atoms with Crippen molar-refractivity contribution in [2.24, 2.45) is 20.5 Å². The molecule has 7 N–H and O–H groups in total. The van der Waals surface area contributed by atoms with Crippen LogP contribution < -0.4 is 194 Å². The smallest absolute Gasteiger partial charge is 1.00 e. The minimum absolute atomic E-state index is 0. The van der Waals surface area contributed by atoms with Gasteiger partial charge in [0.15, 0.2) is 0 Å². The summed E-state index contributed by atoms with van der Waals surface area (Å²) in [5.74, 6) is -2.14. The zero-order valence-corrected chi connectivity index (χ0v) is 53.8. The van der Waals surface area contributed by atoms with E-state index in [1.165, 1.54) is 18.2 Å². The van der Waals surface area contributed by atoms with Crippen LogP contribution in [0.5, 0.6) is 0 Å². The van der Waals surface area contributed by atoms with E-state index in [2.05, 4.69) is 89.3 Å². The van der Waals surface area contributed by atoms with Crippen molar-refractivity contribution in [3.05, 3.63) is 90.9 Å². The summed E-state index contributed by atoms with van der Waals surface area (Å²) in [5.41, 5.74) is 15.0. The second kappa shape index (κ2) is 30.8. The van der Waals surface area contributed by atoms with E-state index in [1.807, 2.05) is 33.3 Å². The Labute approximate surface area is 537 Å². The van der Waals surface area contributed by atoms with Gasteiger partial charge >= 0.3 is 194 Å². The van der Waals surface area contributed by atoms with Gasteiger partial charge in [0.2, 0.25) is 17.8 Å². The van der Waals surface area contributed by atoms with Crippen LogP contribution in [-0.4, -0.2) is 77.7 Å². The summed E-state index contributed by atoms with van der Waals surface area (Å²) in [7, 11) is -4.78. The molecule has 0 aliphatic heterocycles. The monoisotopic (exact) mass is 1320 g/mol. The maximum Gasteiger partial charge on any atom is 1.00 e. The van der Waals surface area contributed by atoms with E-state index in [1.54, 1.807) is 12.1 Å². The molecule has 0 aliphatic carbocycles. The van der Waals surface area contributed by atoms with Crippen molar-refractivity contribution in [2.75, 3.05) is 48.6 Å². The molecule has 6 aromatic rings. The molecule has 0 saturated heterocycles.